The average Bonchev–Trinajstić information content (AvgIpc) is 2.13. The van der Waals surface area contributed by atoms with E-state index in [9.17, 15) is 9.59 Å². The Morgan fingerprint density at radius 3 is 2.57 bits per heavy atom. The van der Waals surface area contributed by atoms with Gasteiger partial charge in [-0.1, -0.05) is 20.8 Å². The fourth-order valence-corrected chi connectivity index (χ4v) is 2.16. The molecule has 3 heteroatoms. The zero-order valence-electron chi connectivity index (χ0n) is 9.29. The number of hydrogen-bond donors (Lipinski definition) is 0. The third-order valence-electron chi connectivity index (χ3n) is 3.66. The minimum Gasteiger partial charge on any atom is -0.469 e. The molecule has 80 valence electrons. The highest BCUT2D eigenvalue weighted by atomic mass is 16.5. The molecule has 1 rings (SSSR count). The van der Waals surface area contributed by atoms with Gasteiger partial charge in [0.05, 0.1) is 13.0 Å². The second-order valence-corrected chi connectivity index (χ2v) is 4.62. The van der Waals surface area contributed by atoms with Gasteiger partial charge in [-0.15, -0.1) is 0 Å². The van der Waals surface area contributed by atoms with Gasteiger partial charge in [0.25, 0.3) is 0 Å². The molecule has 0 saturated heterocycles. The van der Waals surface area contributed by atoms with Crippen LogP contribution in [0, 0.1) is 17.3 Å². The Morgan fingerprint density at radius 1 is 1.50 bits per heavy atom. The van der Waals surface area contributed by atoms with Gasteiger partial charge in [-0.2, -0.15) is 0 Å². The first kappa shape index (κ1) is 11.2. The van der Waals surface area contributed by atoms with Crippen LogP contribution in [0.25, 0.3) is 0 Å². The van der Waals surface area contributed by atoms with Crippen LogP contribution in [0.5, 0.6) is 0 Å². The Bertz CT molecular complexity index is 255. The van der Waals surface area contributed by atoms with Crippen LogP contribution in [0.3, 0.4) is 0 Å². The number of rotatable bonds is 1. The number of carbonyl (C=O) groups excluding carboxylic acids is 2. The minimum absolute atomic E-state index is 0.0552. The Kier molecular flexibility index (Phi) is 2.98. The summed E-state index contributed by atoms with van der Waals surface area (Å²) in [6.45, 7) is 5.84. The maximum atomic E-state index is 11.5. The maximum Gasteiger partial charge on any atom is 0.309 e. The number of carbonyl (C=O) groups is 2. The van der Waals surface area contributed by atoms with Gasteiger partial charge in [0.1, 0.15) is 5.78 Å². The Balaban J connectivity index is 2.89. The van der Waals surface area contributed by atoms with Crippen molar-refractivity contribution in [3.8, 4) is 0 Å². The molecule has 1 aliphatic carbocycles. The van der Waals surface area contributed by atoms with E-state index in [1.807, 2.05) is 20.8 Å². The molecule has 0 aromatic rings. The molecule has 0 spiro atoms. The summed E-state index contributed by atoms with van der Waals surface area (Å²) in [5, 5.41) is 0. The molecular formula is C11H18O3. The van der Waals surface area contributed by atoms with Crippen LogP contribution in [0.15, 0.2) is 0 Å². The van der Waals surface area contributed by atoms with Crippen LogP contribution >= 0.6 is 0 Å². The molecule has 0 radical (unpaired) electrons. The standard InChI is InChI=1S/C11H18O3/c1-7-9(12)6-5-8(10(13)14-4)11(7,2)3/h7-8H,5-6H2,1-4H3. The number of esters is 1. The summed E-state index contributed by atoms with van der Waals surface area (Å²) in [5.41, 5.74) is -0.275. The Hall–Kier alpha value is -0.860. The third kappa shape index (κ3) is 1.68. The van der Waals surface area contributed by atoms with Crippen molar-refractivity contribution >= 4 is 11.8 Å². The summed E-state index contributed by atoms with van der Waals surface area (Å²) in [6, 6.07) is 0. The highest BCUT2D eigenvalue weighted by Crippen LogP contribution is 2.43. The lowest BCUT2D eigenvalue weighted by Crippen LogP contribution is -2.44. The highest BCUT2D eigenvalue weighted by Gasteiger charge is 2.46. The predicted octanol–water partition coefficient (Wildman–Crippen LogP) is 1.80. The molecule has 0 N–H and O–H groups in total. The molecule has 0 aliphatic heterocycles. The molecule has 0 aromatic heterocycles. The van der Waals surface area contributed by atoms with Crippen molar-refractivity contribution in [2.24, 2.45) is 17.3 Å². The second-order valence-electron chi connectivity index (χ2n) is 4.62. The number of hydrogen-bond acceptors (Lipinski definition) is 3. The van der Waals surface area contributed by atoms with Crippen molar-refractivity contribution in [2.45, 2.75) is 33.6 Å². The van der Waals surface area contributed by atoms with Gasteiger partial charge in [0.2, 0.25) is 0 Å². The van der Waals surface area contributed by atoms with Gasteiger partial charge in [0.15, 0.2) is 0 Å². The van der Waals surface area contributed by atoms with E-state index in [-0.39, 0.29) is 29.0 Å². The monoisotopic (exact) mass is 198 g/mol. The summed E-state index contributed by atoms with van der Waals surface area (Å²) < 4.78 is 4.76. The van der Waals surface area contributed by atoms with Gasteiger partial charge in [-0.25, -0.2) is 0 Å². The third-order valence-corrected chi connectivity index (χ3v) is 3.66. The maximum absolute atomic E-state index is 11.5. The topological polar surface area (TPSA) is 43.4 Å². The van der Waals surface area contributed by atoms with E-state index in [1.54, 1.807) is 0 Å². The SMILES string of the molecule is COC(=O)C1CCC(=O)C(C)C1(C)C. The summed E-state index contributed by atoms with van der Waals surface area (Å²) in [4.78, 5) is 23.0. The molecule has 1 aliphatic rings. The fourth-order valence-electron chi connectivity index (χ4n) is 2.16. The molecule has 1 fully saturated rings. The largest absolute Gasteiger partial charge is 0.469 e. The van der Waals surface area contributed by atoms with Crippen LogP contribution in [0.1, 0.15) is 33.6 Å². The van der Waals surface area contributed by atoms with Crippen molar-refractivity contribution in [3.63, 3.8) is 0 Å². The lowest BCUT2D eigenvalue weighted by Gasteiger charge is -2.40. The van der Waals surface area contributed by atoms with E-state index in [0.29, 0.717) is 12.8 Å². The van der Waals surface area contributed by atoms with Crippen LogP contribution in [0.2, 0.25) is 0 Å². The molecule has 0 bridgehead atoms. The molecule has 0 amide bonds. The first-order valence-corrected chi connectivity index (χ1v) is 5.01. The number of ketones is 1. The zero-order chi connectivity index (χ0) is 10.9. The van der Waals surface area contributed by atoms with Crippen molar-refractivity contribution in [1.29, 1.82) is 0 Å². The molecule has 1 saturated carbocycles. The summed E-state index contributed by atoms with van der Waals surface area (Å²) in [5.74, 6) is -0.120. The Labute approximate surface area is 84.8 Å². The number of Topliss-reactive ketones (excluding diaryl/α,β-unsaturated/α-hetero) is 1. The number of methoxy groups -OCH3 is 1. The van der Waals surface area contributed by atoms with Crippen LogP contribution in [0.4, 0.5) is 0 Å². The minimum atomic E-state index is -0.275. The molecule has 0 aromatic carbocycles. The van der Waals surface area contributed by atoms with Gasteiger partial charge >= 0.3 is 5.97 Å². The first-order chi connectivity index (χ1) is 6.41. The summed E-state index contributed by atoms with van der Waals surface area (Å²) in [7, 11) is 1.40. The highest BCUT2D eigenvalue weighted by molar-refractivity contribution is 5.85. The quantitative estimate of drug-likeness (QED) is 0.603. The van der Waals surface area contributed by atoms with Crippen molar-refractivity contribution in [1.82, 2.24) is 0 Å². The molecule has 2 atom stereocenters. The molecule has 3 nitrogen and oxygen atoms in total. The predicted molar refractivity (Wildman–Crippen MR) is 52.7 cm³/mol. The average molecular weight is 198 g/mol. The zero-order valence-corrected chi connectivity index (χ0v) is 9.29. The molecule has 2 unspecified atom stereocenters. The van der Waals surface area contributed by atoms with Crippen molar-refractivity contribution < 1.29 is 14.3 Å². The van der Waals surface area contributed by atoms with Gasteiger partial charge in [-0.3, -0.25) is 9.59 Å². The van der Waals surface area contributed by atoms with Crippen molar-refractivity contribution in [2.75, 3.05) is 7.11 Å². The van der Waals surface area contributed by atoms with E-state index in [4.69, 9.17) is 4.74 Å². The number of ether oxygens (including phenoxy) is 1. The van der Waals surface area contributed by atoms with Crippen molar-refractivity contribution in [3.05, 3.63) is 0 Å². The lowest BCUT2D eigenvalue weighted by molar-refractivity contribution is -0.155. The van der Waals surface area contributed by atoms with Gasteiger partial charge < -0.3 is 4.74 Å². The van der Waals surface area contributed by atoms with Gasteiger partial charge in [0, 0.05) is 12.3 Å². The van der Waals surface area contributed by atoms with E-state index in [1.165, 1.54) is 7.11 Å². The smallest absolute Gasteiger partial charge is 0.309 e. The van der Waals surface area contributed by atoms with Gasteiger partial charge in [-0.05, 0) is 11.8 Å². The van der Waals surface area contributed by atoms with E-state index in [0.717, 1.165) is 0 Å². The van der Waals surface area contributed by atoms with Crippen LogP contribution in [-0.2, 0) is 14.3 Å². The van der Waals surface area contributed by atoms with E-state index in [2.05, 4.69) is 0 Å². The molecular weight excluding hydrogens is 180 g/mol. The van der Waals surface area contributed by atoms with E-state index < -0.39 is 0 Å². The van der Waals surface area contributed by atoms with Crippen LogP contribution < -0.4 is 0 Å². The Morgan fingerprint density at radius 2 is 2.07 bits per heavy atom. The summed E-state index contributed by atoms with van der Waals surface area (Å²) in [6.07, 6.45) is 1.13. The second kappa shape index (κ2) is 3.71. The molecule has 0 heterocycles. The van der Waals surface area contributed by atoms with E-state index >= 15 is 0 Å². The first-order valence-electron chi connectivity index (χ1n) is 5.01. The molecule has 14 heavy (non-hydrogen) atoms. The summed E-state index contributed by atoms with van der Waals surface area (Å²) >= 11 is 0. The normalized spacial score (nSPS) is 31.3. The van der Waals surface area contributed by atoms with Crippen LogP contribution in [-0.4, -0.2) is 18.9 Å². The fraction of sp³-hybridized carbons (Fsp3) is 0.818. The lowest BCUT2D eigenvalue weighted by atomic mass is 9.62.